The molecule has 2 aromatic rings. The summed E-state index contributed by atoms with van der Waals surface area (Å²) in [5, 5.41) is 4.26. The van der Waals surface area contributed by atoms with Crippen molar-refractivity contribution < 1.29 is 9.53 Å². The van der Waals surface area contributed by atoms with Crippen molar-refractivity contribution >= 4 is 5.91 Å². The second-order valence-electron chi connectivity index (χ2n) is 8.62. The molecule has 148 valence electrons. The lowest BCUT2D eigenvalue weighted by Crippen LogP contribution is -2.44. The Hall–Kier alpha value is -2.34. The zero-order valence-electron chi connectivity index (χ0n) is 16.7. The fraction of sp³-hybridized carbons (Fsp3) is 0.545. The summed E-state index contributed by atoms with van der Waals surface area (Å²) in [5.74, 6) is 1.57. The standard InChI is InChI=1S/C22H28N4O2/c1-24-12-17(10-23-24)16-7-8-18-20(9-16)28-21-14-26(11-15-5-3-4-6-15)13-19(21)25(2)22(18)27/h7-10,12,15,19,21H,3-6,11,13-14H2,1-2H3/t19-,21+/m1/s1. The molecule has 0 N–H and O–H groups in total. The molecule has 28 heavy (non-hydrogen) atoms. The highest BCUT2D eigenvalue weighted by Crippen LogP contribution is 2.35. The van der Waals surface area contributed by atoms with Gasteiger partial charge in [0, 0.05) is 45.5 Å². The van der Waals surface area contributed by atoms with Crippen LogP contribution < -0.4 is 4.74 Å². The van der Waals surface area contributed by atoms with Crippen LogP contribution in [-0.2, 0) is 7.05 Å². The van der Waals surface area contributed by atoms with E-state index in [-0.39, 0.29) is 18.1 Å². The van der Waals surface area contributed by atoms with E-state index in [4.69, 9.17) is 4.74 Å². The number of amides is 1. The van der Waals surface area contributed by atoms with Crippen molar-refractivity contribution in [3.05, 3.63) is 36.2 Å². The first kappa shape index (κ1) is 17.7. The van der Waals surface area contributed by atoms with Crippen LogP contribution in [0.1, 0.15) is 36.0 Å². The third kappa shape index (κ3) is 3.09. The Morgan fingerprint density at radius 1 is 1.14 bits per heavy atom. The zero-order valence-corrected chi connectivity index (χ0v) is 16.7. The average molecular weight is 380 g/mol. The Morgan fingerprint density at radius 2 is 1.96 bits per heavy atom. The Bertz CT molecular complexity index is 886. The van der Waals surface area contributed by atoms with Crippen LogP contribution in [0.3, 0.4) is 0 Å². The van der Waals surface area contributed by atoms with Crippen molar-refractivity contribution in [1.82, 2.24) is 19.6 Å². The molecule has 6 nitrogen and oxygen atoms in total. The van der Waals surface area contributed by atoms with Crippen LogP contribution in [0.15, 0.2) is 30.6 Å². The smallest absolute Gasteiger partial charge is 0.257 e. The first-order chi connectivity index (χ1) is 13.6. The Balaban J connectivity index is 1.41. The van der Waals surface area contributed by atoms with Gasteiger partial charge in [-0.05, 0) is 36.5 Å². The summed E-state index contributed by atoms with van der Waals surface area (Å²) < 4.78 is 8.24. The van der Waals surface area contributed by atoms with Crippen molar-refractivity contribution in [3.8, 4) is 16.9 Å². The lowest BCUT2D eigenvalue weighted by atomic mass is 10.1. The first-order valence-electron chi connectivity index (χ1n) is 10.4. The minimum atomic E-state index is 0.0285. The largest absolute Gasteiger partial charge is 0.486 e. The van der Waals surface area contributed by atoms with E-state index in [0.29, 0.717) is 11.3 Å². The molecule has 0 unspecified atom stereocenters. The summed E-state index contributed by atoms with van der Waals surface area (Å²) in [6, 6.07) is 6.00. The number of carbonyl (C=O) groups excluding carboxylic acids is 1. The number of likely N-dealkylation sites (tertiary alicyclic amines) is 1. The summed E-state index contributed by atoms with van der Waals surface area (Å²) in [5.41, 5.74) is 2.72. The average Bonchev–Trinajstić information content (AvgIpc) is 3.42. The quantitative estimate of drug-likeness (QED) is 0.822. The van der Waals surface area contributed by atoms with Gasteiger partial charge in [-0.3, -0.25) is 14.4 Å². The molecule has 1 amide bonds. The number of rotatable bonds is 3. The van der Waals surface area contributed by atoms with Gasteiger partial charge in [0.05, 0.1) is 17.8 Å². The fourth-order valence-corrected chi connectivity index (χ4v) is 5.08. The van der Waals surface area contributed by atoms with Crippen LogP contribution in [0, 0.1) is 5.92 Å². The SMILES string of the molecule is CN1C(=O)c2ccc(-c3cnn(C)c3)cc2O[C@H]2CN(CC3CCCC3)C[C@H]21. The molecule has 6 heteroatoms. The molecule has 0 radical (unpaired) electrons. The van der Waals surface area contributed by atoms with Gasteiger partial charge in [0.2, 0.25) is 0 Å². The highest BCUT2D eigenvalue weighted by atomic mass is 16.5. The number of hydrogen-bond acceptors (Lipinski definition) is 4. The van der Waals surface area contributed by atoms with Gasteiger partial charge >= 0.3 is 0 Å². The first-order valence-corrected chi connectivity index (χ1v) is 10.4. The third-order valence-electron chi connectivity index (χ3n) is 6.65. The maximum absolute atomic E-state index is 13.1. The van der Waals surface area contributed by atoms with E-state index in [1.54, 1.807) is 4.68 Å². The van der Waals surface area contributed by atoms with E-state index in [2.05, 4.69) is 10.00 Å². The van der Waals surface area contributed by atoms with Crippen molar-refractivity contribution in [3.63, 3.8) is 0 Å². The molecule has 2 aliphatic heterocycles. The monoisotopic (exact) mass is 380 g/mol. The van der Waals surface area contributed by atoms with Crippen LogP contribution in [-0.4, -0.2) is 64.3 Å². The highest BCUT2D eigenvalue weighted by molar-refractivity contribution is 5.98. The van der Waals surface area contributed by atoms with E-state index < -0.39 is 0 Å². The van der Waals surface area contributed by atoms with Gasteiger partial charge in [-0.15, -0.1) is 0 Å². The van der Waals surface area contributed by atoms with Gasteiger partial charge in [0.25, 0.3) is 5.91 Å². The molecule has 1 aliphatic carbocycles. The maximum Gasteiger partial charge on any atom is 0.257 e. The van der Waals surface area contributed by atoms with E-state index >= 15 is 0 Å². The van der Waals surface area contributed by atoms with Crippen LogP contribution in [0.2, 0.25) is 0 Å². The molecule has 1 aromatic heterocycles. The van der Waals surface area contributed by atoms with Crippen LogP contribution in [0.5, 0.6) is 5.75 Å². The molecule has 1 aromatic carbocycles. The number of nitrogens with zero attached hydrogens (tertiary/aromatic N) is 4. The summed E-state index contributed by atoms with van der Waals surface area (Å²) in [6.45, 7) is 2.95. The number of hydrogen-bond donors (Lipinski definition) is 0. The predicted octanol–water partition coefficient (Wildman–Crippen LogP) is 2.79. The number of likely N-dealkylation sites (N-methyl/N-ethyl adjacent to an activating group) is 1. The minimum absolute atomic E-state index is 0.0285. The van der Waals surface area contributed by atoms with E-state index in [1.165, 1.54) is 25.7 Å². The lowest BCUT2D eigenvalue weighted by molar-refractivity contribution is 0.0682. The summed E-state index contributed by atoms with van der Waals surface area (Å²) in [4.78, 5) is 17.5. The normalized spacial score (nSPS) is 25.5. The molecule has 2 fully saturated rings. The number of benzene rings is 1. The molecule has 5 rings (SSSR count). The second-order valence-corrected chi connectivity index (χ2v) is 8.62. The lowest BCUT2D eigenvalue weighted by Gasteiger charge is -2.25. The third-order valence-corrected chi connectivity index (χ3v) is 6.65. The minimum Gasteiger partial charge on any atom is -0.486 e. The van der Waals surface area contributed by atoms with Gasteiger partial charge in [-0.25, -0.2) is 0 Å². The van der Waals surface area contributed by atoms with Crippen LogP contribution in [0.25, 0.3) is 11.1 Å². The number of aryl methyl sites for hydroxylation is 1. The van der Waals surface area contributed by atoms with Crippen molar-refractivity contribution in [1.29, 1.82) is 0 Å². The number of fused-ring (bicyclic) bond motifs is 2. The topological polar surface area (TPSA) is 50.6 Å². The molecule has 3 heterocycles. The van der Waals surface area contributed by atoms with Crippen LogP contribution in [0.4, 0.5) is 0 Å². The van der Waals surface area contributed by atoms with Gasteiger partial charge < -0.3 is 9.64 Å². The van der Waals surface area contributed by atoms with Crippen molar-refractivity contribution in [2.24, 2.45) is 13.0 Å². The van der Waals surface area contributed by atoms with Gasteiger partial charge in [-0.1, -0.05) is 18.9 Å². The molecule has 1 saturated heterocycles. The van der Waals surface area contributed by atoms with Gasteiger partial charge in [0.15, 0.2) is 0 Å². The fourth-order valence-electron chi connectivity index (χ4n) is 5.08. The summed E-state index contributed by atoms with van der Waals surface area (Å²) in [6.07, 6.45) is 9.27. The molecule has 2 atom stereocenters. The number of carbonyl (C=O) groups is 1. The van der Waals surface area contributed by atoms with E-state index in [0.717, 1.165) is 36.7 Å². The van der Waals surface area contributed by atoms with Gasteiger partial charge in [-0.2, -0.15) is 5.10 Å². The van der Waals surface area contributed by atoms with E-state index in [9.17, 15) is 4.79 Å². The molecule has 0 bridgehead atoms. The Morgan fingerprint density at radius 3 is 2.71 bits per heavy atom. The highest BCUT2D eigenvalue weighted by Gasteiger charge is 2.42. The maximum atomic E-state index is 13.1. The Labute approximate surface area is 166 Å². The van der Waals surface area contributed by atoms with Crippen LogP contribution >= 0.6 is 0 Å². The molecular weight excluding hydrogens is 352 g/mol. The molecule has 0 spiro atoms. The Kier molecular flexibility index (Phi) is 4.38. The second kappa shape index (κ2) is 6.92. The summed E-state index contributed by atoms with van der Waals surface area (Å²) in [7, 11) is 3.83. The van der Waals surface area contributed by atoms with Crippen molar-refractivity contribution in [2.45, 2.75) is 37.8 Å². The van der Waals surface area contributed by atoms with E-state index in [1.807, 2.05) is 49.6 Å². The summed E-state index contributed by atoms with van der Waals surface area (Å²) >= 11 is 0. The van der Waals surface area contributed by atoms with Crippen molar-refractivity contribution in [2.75, 3.05) is 26.7 Å². The zero-order chi connectivity index (χ0) is 19.3. The number of ether oxygens (including phenoxy) is 1. The van der Waals surface area contributed by atoms with Gasteiger partial charge in [0.1, 0.15) is 11.9 Å². The number of aromatic nitrogens is 2. The molecule has 1 saturated carbocycles. The molecular formula is C22H28N4O2. The predicted molar refractivity (Wildman–Crippen MR) is 107 cm³/mol. The molecule has 3 aliphatic rings.